The molecule has 2 aromatic rings. The lowest BCUT2D eigenvalue weighted by Gasteiger charge is -2.14. The Labute approximate surface area is 134 Å². The van der Waals surface area contributed by atoms with Crippen molar-refractivity contribution >= 4 is 11.7 Å². The number of aliphatic hydroxyl groups excluding tert-OH is 1. The Bertz CT molecular complexity index is 674. The summed E-state index contributed by atoms with van der Waals surface area (Å²) < 4.78 is 18.0. The van der Waals surface area contributed by atoms with E-state index in [9.17, 15) is 14.3 Å². The van der Waals surface area contributed by atoms with Gasteiger partial charge < -0.3 is 20.5 Å². The number of rotatable bonds is 5. The summed E-state index contributed by atoms with van der Waals surface area (Å²) in [6.45, 7) is 1.91. The van der Waals surface area contributed by atoms with Gasteiger partial charge in [-0.05, 0) is 42.3 Å². The van der Waals surface area contributed by atoms with Gasteiger partial charge in [0, 0.05) is 6.54 Å². The van der Waals surface area contributed by atoms with E-state index in [4.69, 9.17) is 4.74 Å². The van der Waals surface area contributed by atoms with Crippen molar-refractivity contribution in [1.29, 1.82) is 0 Å². The molecule has 1 unspecified atom stereocenters. The maximum Gasteiger partial charge on any atom is 0.319 e. The molecule has 0 heterocycles. The molecule has 0 fully saturated rings. The van der Waals surface area contributed by atoms with Crippen molar-refractivity contribution in [3.8, 4) is 5.75 Å². The number of ether oxygens (including phenoxy) is 1. The minimum Gasteiger partial charge on any atom is -0.495 e. The number of nitrogens with one attached hydrogen (secondary N) is 2. The molecule has 0 saturated carbocycles. The van der Waals surface area contributed by atoms with Crippen LogP contribution in [-0.2, 0) is 0 Å². The summed E-state index contributed by atoms with van der Waals surface area (Å²) in [7, 11) is 1.52. The van der Waals surface area contributed by atoms with E-state index in [-0.39, 0.29) is 12.4 Å². The SMILES string of the molecule is COc1ccc(C)cc1NC(=O)NCC(O)c1ccc(F)cc1. The van der Waals surface area contributed by atoms with Gasteiger partial charge in [-0.25, -0.2) is 9.18 Å². The Morgan fingerprint density at radius 3 is 2.61 bits per heavy atom. The molecule has 0 bridgehead atoms. The van der Waals surface area contributed by atoms with Gasteiger partial charge in [0.1, 0.15) is 11.6 Å². The molecule has 5 nitrogen and oxygen atoms in total. The second-order valence-electron chi connectivity index (χ2n) is 5.11. The third-order valence-corrected chi connectivity index (χ3v) is 3.31. The highest BCUT2D eigenvalue weighted by Gasteiger charge is 2.11. The van der Waals surface area contributed by atoms with Crippen LogP contribution in [0.1, 0.15) is 17.2 Å². The van der Waals surface area contributed by atoms with Crippen LogP contribution in [0.15, 0.2) is 42.5 Å². The largest absolute Gasteiger partial charge is 0.495 e. The molecule has 0 spiro atoms. The molecule has 2 amide bonds. The summed E-state index contributed by atoms with van der Waals surface area (Å²) in [6, 6.07) is 10.4. The first-order valence-corrected chi connectivity index (χ1v) is 7.12. The fourth-order valence-electron chi connectivity index (χ4n) is 2.08. The summed E-state index contributed by atoms with van der Waals surface area (Å²) in [5.74, 6) is 0.169. The van der Waals surface area contributed by atoms with Crippen molar-refractivity contribution in [2.45, 2.75) is 13.0 Å². The van der Waals surface area contributed by atoms with Crippen LogP contribution in [0.25, 0.3) is 0 Å². The van der Waals surface area contributed by atoms with Crippen LogP contribution in [0.3, 0.4) is 0 Å². The molecule has 0 saturated heterocycles. The Balaban J connectivity index is 1.92. The summed E-state index contributed by atoms with van der Waals surface area (Å²) >= 11 is 0. The molecule has 23 heavy (non-hydrogen) atoms. The number of halogens is 1. The molecule has 122 valence electrons. The Morgan fingerprint density at radius 2 is 1.96 bits per heavy atom. The first-order valence-electron chi connectivity index (χ1n) is 7.12. The summed E-state index contributed by atoms with van der Waals surface area (Å²) in [5, 5.41) is 15.2. The molecule has 0 aliphatic carbocycles. The molecule has 2 aromatic carbocycles. The van der Waals surface area contributed by atoms with Gasteiger partial charge >= 0.3 is 6.03 Å². The van der Waals surface area contributed by atoms with E-state index in [1.807, 2.05) is 13.0 Å². The van der Waals surface area contributed by atoms with E-state index in [0.29, 0.717) is 17.0 Å². The number of urea groups is 1. The Hall–Kier alpha value is -2.60. The van der Waals surface area contributed by atoms with Gasteiger partial charge in [-0.1, -0.05) is 18.2 Å². The lowest BCUT2D eigenvalue weighted by atomic mass is 10.1. The van der Waals surface area contributed by atoms with Gasteiger partial charge in [0.15, 0.2) is 0 Å². The molecule has 0 aliphatic heterocycles. The minimum atomic E-state index is -0.916. The van der Waals surface area contributed by atoms with Crippen LogP contribution in [-0.4, -0.2) is 24.8 Å². The van der Waals surface area contributed by atoms with Gasteiger partial charge in [-0.2, -0.15) is 0 Å². The molecule has 0 radical (unpaired) electrons. The van der Waals surface area contributed by atoms with Gasteiger partial charge in [-0.3, -0.25) is 0 Å². The monoisotopic (exact) mass is 318 g/mol. The summed E-state index contributed by atoms with van der Waals surface area (Å²) in [4.78, 5) is 11.9. The van der Waals surface area contributed by atoms with Crippen LogP contribution in [0.2, 0.25) is 0 Å². The van der Waals surface area contributed by atoms with Gasteiger partial charge in [0.2, 0.25) is 0 Å². The van der Waals surface area contributed by atoms with Crippen LogP contribution >= 0.6 is 0 Å². The second-order valence-corrected chi connectivity index (χ2v) is 5.11. The number of hydrogen-bond donors (Lipinski definition) is 3. The van der Waals surface area contributed by atoms with Crippen LogP contribution in [0.5, 0.6) is 5.75 Å². The lowest BCUT2D eigenvalue weighted by molar-refractivity contribution is 0.175. The maximum absolute atomic E-state index is 12.8. The van der Waals surface area contributed by atoms with Crippen LogP contribution < -0.4 is 15.4 Å². The van der Waals surface area contributed by atoms with Crippen molar-refractivity contribution in [2.75, 3.05) is 19.0 Å². The van der Waals surface area contributed by atoms with E-state index in [1.54, 1.807) is 12.1 Å². The number of benzene rings is 2. The second kappa shape index (κ2) is 7.60. The molecular formula is C17H19FN2O3. The highest BCUT2D eigenvalue weighted by Crippen LogP contribution is 2.25. The van der Waals surface area contributed by atoms with Crippen molar-refractivity contribution in [3.05, 3.63) is 59.4 Å². The highest BCUT2D eigenvalue weighted by atomic mass is 19.1. The van der Waals surface area contributed by atoms with E-state index in [2.05, 4.69) is 10.6 Å². The van der Waals surface area contributed by atoms with Crippen molar-refractivity contribution in [3.63, 3.8) is 0 Å². The normalized spacial score (nSPS) is 11.7. The Morgan fingerprint density at radius 1 is 1.26 bits per heavy atom. The molecular weight excluding hydrogens is 299 g/mol. The van der Waals surface area contributed by atoms with Gasteiger partial charge in [0.25, 0.3) is 0 Å². The van der Waals surface area contributed by atoms with Crippen molar-refractivity contribution < 1.29 is 19.0 Å². The summed E-state index contributed by atoms with van der Waals surface area (Å²) in [6.07, 6.45) is -0.916. The number of amides is 2. The number of carbonyl (C=O) groups excluding carboxylic acids is 1. The average Bonchev–Trinajstić information content (AvgIpc) is 2.53. The van der Waals surface area contributed by atoms with E-state index in [0.717, 1.165) is 5.56 Å². The number of anilines is 1. The topological polar surface area (TPSA) is 70.6 Å². The maximum atomic E-state index is 12.8. The lowest BCUT2D eigenvalue weighted by Crippen LogP contribution is -2.32. The standard InChI is InChI=1S/C17H19FN2O3/c1-11-3-8-16(23-2)14(9-11)20-17(22)19-10-15(21)12-4-6-13(18)7-5-12/h3-9,15,21H,10H2,1-2H3,(H2,19,20,22). The number of aliphatic hydroxyl groups is 1. The zero-order valence-corrected chi connectivity index (χ0v) is 13.0. The van der Waals surface area contributed by atoms with Crippen molar-refractivity contribution in [1.82, 2.24) is 5.32 Å². The molecule has 6 heteroatoms. The first kappa shape index (κ1) is 16.8. The van der Waals surface area contributed by atoms with E-state index in [1.165, 1.54) is 31.4 Å². The number of aryl methyl sites for hydroxylation is 1. The minimum absolute atomic E-state index is 0.00555. The molecule has 1 atom stereocenters. The smallest absolute Gasteiger partial charge is 0.319 e. The average molecular weight is 318 g/mol. The number of carbonyl (C=O) groups is 1. The van der Waals surface area contributed by atoms with Crippen molar-refractivity contribution in [2.24, 2.45) is 0 Å². The number of methoxy groups -OCH3 is 1. The molecule has 3 N–H and O–H groups in total. The first-order chi connectivity index (χ1) is 11.0. The zero-order chi connectivity index (χ0) is 16.8. The quantitative estimate of drug-likeness (QED) is 0.793. The third kappa shape index (κ3) is 4.69. The Kier molecular flexibility index (Phi) is 5.54. The van der Waals surface area contributed by atoms with Gasteiger partial charge in [-0.15, -0.1) is 0 Å². The van der Waals surface area contributed by atoms with Crippen LogP contribution in [0, 0.1) is 12.7 Å². The third-order valence-electron chi connectivity index (χ3n) is 3.31. The fourth-order valence-corrected chi connectivity index (χ4v) is 2.08. The van der Waals surface area contributed by atoms with E-state index >= 15 is 0 Å². The van der Waals surface area contributed by atoms with Crippen LogP contribution in [0.4, 0.5) is 14.9 Å². The zero-order valence-electron chi connectivity index (χ0n) is 13.0. The molecule has 2 rings (SSSR count). The molecule has 0 aromatic heterocycles. The fraction of sp³-hybridized carbons (Fsp3) is 0.235. The highest BCUT2D eigenvalue weighted by molar-refractivity contribution is 5.91. The van der Waals surface area contributed by atoms with E-state index < -0.39 is 12.1 Å². The predicted molar refractivity (Wildman–Crippen MR) is 86.1 cm³/mol. The molecule has 0 aliphatic rings. The summed E-state index contributed by atoms with van der Waals surface area (Å²) in [5.41, 5.74) is 2.05. The predicted octanol–water partition coefficient (Wildman–Crippen LogP) is 3.00. The number of hydrogen-bond acceptors (Lipinski definition) is 3. The van der Waals surface area contributed by atoms with Gasteiger partial charge in [0.05, 0.1) is 18.9 Å².